The van der Waals surface area contributed by atoms with Crippen LogP contribution in [0.2, 0.25) is 5.02 Å². The van der Waals surface area contributed by atoms with Crippen LogP contribution >= 0.6 is 11.6 Å². The number of nitrogens with zero attached hydrogens (tertiary/aromatic N) is 6. The molecule has 0 bridgehead atoms. The molecule has 1 atom stereocenters. The molecule has 0 fully saturated rings. The maximum atomic E-state index is 14.2. The van der Waals surface area contributed by atoms with Crippen molar-refractivity contribution in [2.24, 2.45) is 0 Å². The number of nitrogens with two attached hydrogens (primary N) is 2. The highest BCUT2D eigenvalue weighted by atomic mass is 35.5. The lowest BCUT2D eigenvalue weighted by Crippen LogP contribution is -2.48. The summed E-state index contributed by atoms with van der Waals surface area (Å²) in [6.45, 7) is 7.70. The van der Waals surface area contributed by atoms with E-state index in [4.69, 9.17) is 32.8 Å². The Morgan fingerprint density at radius 1 is 1.14 bits per heavy atom. The average Bonchev–Trinajstić information content (AvgIpc) is 2.92. The first-order valence-corrected chi connectivity index (χ1v) is 13.8. The summed E-state index contributed by atoms with van der Waals surface area (Å²) >= 11 is 6.50. The number of anilines is 3. The number of nitrogens with one attached hydrogen (secondary N) is 2. The Morgan fingerprint density at radius 3 is 2.53 bits per heavy atom. The topological polar surface area (TPSA) is 190 Å². The fourth-order valence-electron chi connectivity index (χ4n) is 4.38. The molecule has 0 aliphatic heterocycles. The molecule has 0 spiro atoms. The average molecular weight is 605 g/mol. The number of hydrogen-bond donors (Lipinski definition) is 4. The molecule has 2 heterocycles. The van der Waals surface area contributed by atoms with Crippen molar-refractivity contribution in [3.63, 3.8) is 0 Å². The third-order valence-corrected chi connectivity index (χ3v) is 6.50. The van der Waals surface area contributed by atoms with Crippen molar-refractivity contribution in [3.05, 3.63) is 80.9 Å². The Hall–Kier alpha value is -5.09. The van der Waals surface area contributed by atoms with Gasteiger partial charge in [0.05, 0.1) is 35.1 Å². The van der Waals surface area contributed by atoms with E-state index in [1.165, 1.54) is 4.68 Å². The SMILES string of the molecule is C[C@H](Nc1nc(N)nc(N)c1C#N)c1nc2cccc(Cl)c2c(=O)n1N(CCNC(=O)OC(C)(C)C)Cc1ccccc1. The number of fused-ring (bicyclic) bond motifs is 1. The summed E-state index contributed by atoms with van der Waals surface area (Å²) in [7, 11) is 0. The van der Waals surface area contributed by atoms with Gasteiger partial charge in [0.15, 0.2) is 11.6 Å². The number of rotatable bonds is 9. The van der Waals surface area contributed by atoms with Gasteiger partial charge in [-0.25, -0.2) is 14.5 Å². The normalized spacial score (nSPS) is 11.9. The van der Waals surface area contributed by atoms with Gasteiger partial charge in [-0.1, -0.05) is 48.0 Å². The van der Waals surface area contributed by atoms with Crippen LogP contribution in [-0.4, -0.2) is 44.4 Å². The number of carbonyl (C=O) groups excluding carboxylic acids is 1. The second kappa shape index (κ2) is 12.8. The summed E-state index contributed by atoms with van der Waals surface area (Å²) in [6, 6.07) is 15.8. The van der Waals surface area contributed by atoms with E-state index in [-0.39, 0.29) is 59.0 Å². The second-order valence-corrected chi connectivity index (χ2v) is 11.1. The number of aromatic nitrogens is 4. The Kier molecular flexibility index (Phi) is 9.21. The van der Waals surface area contributed by atoms with Crippen LogP contribution in [-0.2, 0) is 11.3 Å². The zero-order valence-electron chi connectivity index (χ0n) is 24.3. The van der Waals surface area contributed by atoms with Gasteiger partial charge in [0.2, 0.25) is 5.95 Å². The Bertz CT molecular complexity index is 1730. The van der Waals surface area contributed by atoms with E-state index in [9.17, 15) is 14.9 Å². The molecule has 224 valence electrons. The van der Waals surface area contributed by atoms with E-state index in [0.717, 1.165) is 5.56 Å². The van der Waals surface area contributed by atoms with Crippen molar-refractivity contribution in [1.29, 1.82) is 5.26 Å². The minimum absolute atomic E-state index is 0.00137. The smallest absolute Gasteiger partial charge is 0.407 e. The van der Waals surface area contributed by atoms with Crippen molar-refractivity contribution in [1.82, 2.24) is 24.9 Å². The maximum Gasteiger partial charge on any atom is 0.407 e. The molecule has 4 rings (SSSR count). The molecule has 2 aromatic heterocycles. The summed E-state index contributed by atoms with van der Waals surface area (Å²) in [5.41, 5.74) is 11.9. The highest BCUT2D eigenvalue weighted by Crippen LogP contribution is 2.26. The molecule has 14 heteroatoms. The Morgan fingerprint density at radius 2 is 1.86 bits per heavy atom. The van der Waals surface area contributed by atoms with Gasteiger partial charge in [-0.2, -0.15) is 15.2 Å². The van der Waals surface area contributed by atoms with Gasteiger partial charge in [-0.05, 0) is 45.4 Å². The van der Waals surface area contributed by atoms with Crippen LogP contribution in [0.4, 0.5) is 22.4 Å². The van der Waals surface area contributed by atoms with Gasteiger partial charge in [0.25, 0.3) is 5.56 Å². The van der Waals surface area contributed by atoms with Gasteiger partial charge < -0.3 is 31.8 Å². The van der Waals surface area contributed by atoms with Crippen LogP contribution in [0, 0.1) is 11.3 Å². The monoisotopic (exact) mass is 604 g/mol. The molecule has 0 saturated carbocycles. The molecule has 0 aliphatic rings. The fourth-order valence-corrected chi connectivity index (χ4v) is 4.63. The summed E-state index contributed by atoms with van der Waals surface area (Å²) < 4.78 is 6.80. The quantitative estimate of drug-likeness (QED) is 0.218. The van der Waals surface area contributed by atoms with Crippen LogP contribution in [0.5, 0.6) is 0 Å². The number of nitrogen functional groups attached to an aromatic ring is 2. The van der Waals surface area contributed by atoms with E-state index < -0.39 is 23.3 Å². The van der Waals surface area contributed by atoms with Gasteiger partial charge in [0.1, 0.15) is 23.1 Å². The first kappa shape index (κ1) is 30.9. The number of alkyl carbamates (subject to hydrolysis) is 1. The molecule has 6 N–H and O–H groups in total. The van der Waals surface area contributed by atoms with E-state index in [0.29, 0.717) is 5.52 Å². The van der Waals surface area contributed by atoms with Gasteiger partial charge in [-0.15, -0.1) is 0 Å². The number of benzene rings is 2. The summed E-state index contributed by atoms with van der Waals surface area (Å²) in [4.78, 5) is 39.4. The number of amides is 1. The minimum atomic E-state index is -0.700. The van der Waals surface area contributed by atoms with E-state index in [2.05, 4.69) is 20.6 Å². The largest absolute Gasteiger partial charge is 0.444 e. The zero-order chi connectivity index (χ0) is 31.3. The van der Waals surface area contributed by atoms with E-state index >= 15 is 0 Å². The highest BCUT2D eigenvalue weighted by molar-refractivity contribution is 6.35. The fraction of sp³-hybridized carbons (Fsp3) is 0.310. The third-order valence-electron chi connectivity index (χ3n) is 6.19. The van der Waals surface area contributed by atoms with Crippen molar-refractivity contribution in [2.45, 2.75) is 45.9 Å². The lowest BCUT2D eigenvalue weighted by Gasteiger charge is -2.31. The Balaban J connectivity index is 1.82. The number of nitriles is 1. The molecule has 0 radical (unpaired) electrons. The molecule has 1 amide bonds. The summed E-state index contributed by atoms with van der Waals surface area (Å²) in [5.74, 6) is 0.167. The molecule has 0 unspecified atom stereocenters. The Labute approximate surface area is 253 Å². The molecule has 43 heavy (non-hydrogen) atoms. The number of hydrogen-bond acceptors (Lipinski definition) is 11. The molecule has 13 nitrogen and oxygen atoms in total. The van der Waals surface area contributed by atoms with Crippen molar-refractivity contribution in [2.75, 3.05) is 34.9 Å². The van der Waals surface area contributed by atoms with Crippen LogP contribution in [0.3, 0.4) is 0 Å². The van der Waals surface area contributed by atoms with Gasteiger partial charge in [-0.3, -0.25) is 4.79 Å². The van der Waals surface area contributed by atoms with Crippen LogP contribution in [0.15, 0.2) is 53.3 Å². The molecule has 0 saturated heterocycles. The van der Waals surface area contributed by atoms with Crippen LogP contribution in [0.25, 0.3) is 10.9 Å². The maximum absolute atomic E-state index is 14.2. The third kappa shape index (κ3) is 7.41. The molecule has 2 aromatic carbocycles. The lowest BCUT2D eigenvalue weighted by atomic mass is 10.2. The van der Waals surface area contributed by atoms with Crippen molar-refractivity contribution >= 4 is 46.2 Å². The standard InChI is InChI=1S/C29H33ClN10O3/c1-17(35-24-19(15-31)23(32)37-27(33)38-24)25-36-21-12-8-11-20(30)22(21)26(41)40(25)39(16-18-9-6-5-7-10-18)14-13-34-28(42)43-29(2,3)4/h5-12,17H,13-14,16H2,1-4H3,(H,34,42)(H5,32,33,35,37,38)/t17-/m0/s1. The number of halogens is 1. The van der Waals surface area contributed by atoms with Crippen molar-refractivity contribution < 1.29 is 9.53 Å². The predicted octanol–water partition coefficient (Wildman–Crippen LogP) is 3.71. The predicted molar refractivity (Wildman–Crippen MR) is 166 cm³/mol. The molecule has 4 aromatic rings. The molecule has 0 aliphatic carbocycles. The lowest BCUT2D eigenvalue weighted by molar-refractivity contribution is 0.0528. The van der Waals surface area contributed by atoms with E-state index in [1.807, 2.05) is 36.4 Å². The zero-order valence-corrected chi connectivity index (χ0v) is 25.0. The van der Waals surface area contributed by atoms with E-state index in [1.54, 1.807) is 50.9 Å². The van der Waals surface area contributed by atoms with Gasteiger partial charge in [0, 0.05) is 6.54 Å². The summed E-state index contributed by atoms with van der Waals surface area (Å²) in [6.07, 6.45) is -0.586. The molecular weight excluding hydrogens is 572 g/mol. The van der Waals surface area contributed by atoms with Gasteiger partial charge >= 0.3 is 6.09 Å². The first-order valence-electron chi connectivity index (χ1n) is 13.4. The first-order chi connectivity index (χ1) is 20.4. The van der Waals surface area contributed by atoms with Crippen molar-refractivity contribution in [3.8, 4) is 6.07 Å². The van der Waals surface area contributed by atoms with Crippen LogP contribution in [0.1, 0.15) is 50.7 Å². The highest BCUT2D eigenvalue weighted by Gasteiger charge is 2.25. The minimum Gasteiger partial charge on any atom is -0.444 e. The summed E-state index contributed by atoms with van der Waals surface area (Å²) in [5, 5.41) is 17.8. The number of ether oxygens (including phenoxy) is 1. The van der Waals surface area contributed by atoms with Crippen LogP contribution < -0.4 is 32.7 Å². The second-order valence-electron chi connectivity index (χ2n) is 10.7. The molecular formula is C29H33ClN10O3. The number of carbonyl (C=O) groups is 1.